The number of furan rings is 1. The zero-order valence-electron chi connectivity index (χ0n) is 31.4. The van der Waals surface area contributed by atoms with Crippen LogP contribution in [0.15, 0.2) is 23.0 Å². The summed E-state index contributed by atoms with van der Waals surface area (Å²) in [5.41, 5.74) is -6.41. The Kier molecular flexibility index (Phi) is 8.55. The van der Waals surface area contributed by atoms with Gasteiger partial charge in [-0.15, -0.1) is 0 Å². The lowest BCUT2D eigenvalue weighted by molar-refractivity contribution is -0.391. The van der Waals surface area contributed by atoms with E-state index in [1.54, 1.807) is 40.0 Å². The number of epoxide rings is 1. The molecule has 1 aromatic heterocycles. The third-order valence-corrected chi connectivity index (χ3v) is 13.8. The topological polar surface area (TPSA) is 204 Å². The molecule has 0 aromatic carbocycles. The Hall–Kier alpha value is -3.82. The summed E-state index contributed by atoms with van der Waals surface area (Å²) in [4.78, 5) is 80.8. The van der Waals surface area contributed by atoms with Gasteiger partial charge in [-0.25, -0.2) is 0 Å². The van der Waals surface area contributed by atoms with Gasteiger partial charge in [0.05, 0.1) is 48.1 Å². The summed E-state index contributed by atoms with van der Waals surface area (Å²) in [6.45, 7) is 12.8. The molecule has 7 rings (SSSR count). The molecule has 290 valence electrons. The van der Waals surface area contributed by atoms with Crippen molar-refractivity contribution < 1.29 is 71.4 Å². The maximum absolute atomic E-state index is 15.8. The SMILES string of the molecule is CC(=O)O[C@H]1[C@@H](OC(C)=O)[C@]2(C)[C@H](OC(=O)C(C)C)OC[C@]3([C@H]4C(=O)[C@H](OC(C)=O)[C@@]5(C)[C@H](c6ccoc6)C[C@H]6O[C@@]65[C@]4(C)[C@H](O)C[C@@H]23)[C@H]1OC(C)=O. The first-order valence-electron chi connectivity index (χ1n) is 18.2. The first kappa shape index (κ1) is 37.5. The first-order valence-corrected chi connectivity index (χ1v) is 18.2. The molecule has 15 heteroatoms. The molecule has 4 saturated carbocycles. The number of carbonyl (C=O) groups excluding carboxylic acids is 6. The molecule has 1 aromatic rings. The normalized spacial score (nSPS) is 46.1. The summed E-state index contributed by atoms with van der Waals surface area (Å²) < 4.78 is 48.7. The van der Waals surface area contributed by atoms with Gasteiger partial charge in [-0.05, 0) is 37.3 Å². The monoisotopic (exact) mass is 744 g/mol. The molecule has 2 bridgehead atoms. The molecule has 2 saturated heterocycles. The highest BCUT2D eigenvalue weighted by molar-refractivity contribution is 5.93. The Labute approximate surface area is 306 Å². The minimum absolute atomic E-state index is 0.0826. The van der Waals surface area contributed by atoms with E-state index in [0.717, 1.165) is 26.3 Å². The first-order chi connectivity index (χ1) is 24.7. The van der Waals surface area contributed by atoms with Gasteiger partial charge >= 0.3 is 29.8 Å². The highest BCUT2D eigenvalue weighted by Gasteiger charge is 2.93. The van der Waals surface area contributed by atoms with E-state index in [1.165, 1.54) is 13.2 Å². The van der Waals surface area contributed by atoms with E-state index < -0.39 is 124 Å². The van der Waals surface area contributed by atoms with Gasteiger partial charge in [0, 0.05) is 50.4 Å². The average Bonchev–Trinajstić information content (AvgIpc) is 3.41. The molecule has 15 atom stereocenters. The fraction of sp³-hybridized carbons (Fsp3) is 0.737. The van der Waals surface area contributed by atoms with E-state index in [9.17, 15) is 29.1 Å². The van der Waals surface area contributed by atoms with Crippen LogP contribution < -0.4 is 0 Å². The van der Waals surface area contributed by atoms with Crippen LogP contribution in [0.3, 0.4) is 0 Å². The summed E-state index contributed by atoms with van der Waals surface area (Å²) in [5, 5.41) is 12.7. The molecule has 15 nitrogen and oxygen atoms in total. The number of Topliss-reactive ketones (excluding diaryl/α,β-unsaturated/α-hetero) is 1. The number of fused-ring (bicyclic) bond motifs is 1. The van der Waals surface area contributed by atoms with Gasteiger partial charge in [0.15, 0.2) is 30.2 Å². The molecule has 2 aliphatic heterocycles. The third kappa shape index (κ3) is 4.68. The van der Waals surface area contributed by atoms with E-state index in [-0.39, 0.29) is 18.9 Å². The predicted molar refractivity (Wildman–Crippen MR) is 176 cm³/mol. The van der Waals surface area contributed by atoms with Gasteiger partial charge in [0.1, 0.15) is 5.60 Å². The highest BCUT2D eigenvalue weighted by Crippen LogP contribution is 2.83. The standard InChI is InChI=1S/C38H48O15/c1-16(2)32(45)52-33-34(7)23-13-24(43)36(9)28(37(23,15-47-33)31(51-20(6)42)27(48-17(3)39)30(34)50-19(5)41)26(44)29(49-18(4)40)35(8)22(21-10-11-46-14-21)12-25-38(35,36)53-25/h10-11,14,16,22-25,27-31,33,43H,12-13,15H2,1-9H3/t22-,23-,24+,25+,27-,28-,29-,30+,31-,33-,34+,35+,36+,37-,38-/m0/s1. The molecule has 0 radical (unpaired) electrons. The van der Waals surface area contributed by atoms with Crippen LogP contribution in [0.4, 0.5) is 0 Å². The van der Waals surface area contributed by atoms with Crippen LogP contribution in [0.25, 0.3) is 0 Å². The molecular formula is C38H48O15. The number of aliphatic hydroxyl groups excluding tert-OH is 1. The van der Waals surface area contributed by atoms with Crippen molar-refractivity contribution >= 4 is 35.6 Å². The third-order valence-electron chi connectivity index (χ3n) is 13.8. The number of carbonyl (C=O) groups is 6. The summed E-state index contributed by atoms with van der Waals surface area (Å²) in [6, 6.07) is 1.79. The van der Waals surface area contributed by atoms with Crippen molar-refractivity contribution in [3.05, 3.63) is 24.2 Å². The van der Waals surface area contributed by atoms with Crippen molar-refractivity contribution in [3.63, 3.8) is 0 Å². The van der Waals surface area contributed by atoms with Crippen LogP contribution in [0.2, 0.25) is 0 Å². The van der Waals surface area contributed by atoms with Crippen LogP contribution in [-0.4, -0.2) is 95.9 Å². The smallest absolute Gasteiger partial charge is 0.310 e. The molecule has 0 unspecified atom stereocenters. The van der Waals surface area contributed by atoms with Crippen LogP contribution in [0.1, 0.15) is 86.6 Å². The van der Waals surface area contributed by atoms with E-state index in [4.69, 9.17) is 37.6 Å². The second-order valence-electron chi connectivity index (χ2n) is 16.7. The van der Waals surface area contributed by atoms with Gasteiger partial charge < -0.3 is 42.7 Å². The maximum Gasteiger partial charge on any atom is 0.310 e. The fourth-order valence-corrected chi connectivity index (χ4v) is 12.1. The number of hydrogen-bond donors (Lipinski definition) is 1. The van der Waals surface area contributed by atoms with Crippen LogP contribution >= 0.6 is 0 Å². The zero-order valence-corrected chi connectivity index (χ0v) is 31.4. The molecule has 1 N–H and O–H groups in total. The van der Waals surface area contributed by atoms with Crippen LogP contribution in [0, 0.1) is 39.4 Å². The van der Waals surface area contributed by atoms with E-state index in [2.05, 4.69) is 0 Å². The Bertz CT molecular complexity index is 1740. The molecule has 4 aliphatic carbocycles. The molecule has 3 heterocycles. The summed E-state index contributed by atoms with van der Waals surface area (Å²) in [6.07, 6.45) is -5.68. The highest BCUT2D eigenvalue weighted by atomic mass is 16.7. The largest absolute Gasteiger partial charge is 0.472 e. The van der Waals surface area contributed by atoms with Crippen LogP contribution in [0.5, 0.6) is 0 Å². The second kappa shape index (κ2) is 12.1. The van der Waals surface area contributed by atoms with E-state index in [1.807, 2.05) is 6.92 Å². The van der Waals surface area contributed by atoms with Crippen molar-refractivity contribution in [2.75, 3.05) is 6.61 Å². The predicted octanol–water partition coefficient (Wildman–Crippen LogP) is 2.79. The Morgan fingerprint density at radius 2 is 1.47 bits per heavy atom. The average molecular weight is 745 g/mol. The van der Waals surface area contributed by atoms with Crippen molar-refractivity contribution in [1.29, 1.82) is 0 Å². The molecular weight excluding hydrogens is 696 g/mol. The van der Waals surface area contributed by atoms with Crippen molar-refractivity contribution in [3.8, 4) is 0 Å². The fourth-order valence-electron chi connectivity index (χ4n) is 12.1. The van der Waals surface area contributed by atoms with Gasteiger partial charge in [0.25, 0.3) is 0 Å². The number of esters is 5. The maximum atomic E-state index is 15.8. The molecule has 6 fully saturated rings. The summed E-state index contributed by atoms with van der Waals surface area (Å²) >= 11 is 0. The Morgan fingerprint density at radius 3 is 2.04 bits per heavy atom. The summed E-state index contributed by atoms with van der Waals surface area (Å²) in [7, 11) is 0. The molecule has 53 heavy (non-hydrogen) atoms. The Balaban J connectivity index is 1.51. The number of aliphatic hydroxyl groups is 1. The number of rotatable bonds is 7. The number of hydrogen-bond acceptors (Lipinski definition) is 15. The minimum Gasteiger partial charge on any atom is -0.472 e. The van der Waals surface area contributed by atoms with Gasteiger partial charge in [-0.1, -0.05) is 27.7 Å². The zero-order chi connectivity index (χ0) is 38.8. The lowest BCUT2D eigenvalue weighted by Gasteiger charge is -2.73. The summed E-state index contributed by atoms with van der Waals surface area (Å²) in [5.74, 6) is -7.59. The van der Waals surface area contributed by atoms with Gasteiger partial charge in [0.2, 0.25) is 6.29 Å². The van der Waals surface area contributed by atoms with Crippen molar-refractivity contribution in [2.45, 2.75) is 130 Å². The quantitative estimate of drug-likeness (QED) is 0.242. The second-order valence-corrected chi connectivity index (χ2v) is 16.7. The van der Waals surface area contributed by atoms with Gasteiger partial charge in [-0.2, -0.15) is 0 Å². The molecule has 1 spiro atoms. The van der Waals surface area contributed by atoms with E-state index >= 15 is 4.79 Å². The minimum atomic E-state index is -1.65. The van der Waals surface area contributed by atoms with Crippen LogP contribution in [-0.2, 0) is 61.9 Å². The number of ketones is 1. The lowest BCUT2D eigenvalue weighted by atomic mass is 9.33. The molecule has 6 aliphatic rings. The van der Waals surface area contributed by atoms with E-state index in [0.29, 0.717) is 6.42 Å². The Morgan fingerprint density at radius 1 is 0.849 bits per heavy atom. The molecule has 0 amide bonds. The van der Waals surface area contributed by atoms with Gasteiger partial charge in [-0.3, -0.25) is 28.8 Å². The lowest BCUT2D eigenvalue weighted by Crippen LogP contribution is -2.85. The van der Waals surface area contributed by atoms with Crippen molar-refractivity contribution in [1.82, 2.24) is 0 Å². The van der Waals surface area contributed by atoms with Crippen molar-refractivity contribution in [2.24, 2.45) is 39.4 Å². The number of ether oxygens (including phenoxy) is 7.